The summed E-state index contributed by atoms with van der Waals surface area (Å²) in [4.78, 5) is 25.7. The van der Waals surface area contributed by atoms with Crippen molar-refractivity contribution in [3.8, 4) is 40.2 Å². The fourth-order valence-electron chi connectivity index (χ4n) is 5.40. The Bertz CT molecular complexity index is 1740. The zero-order chi connectivity index (χ0) is 36.8. The van der Waals surface area contributed by atoms with Crippen molar-refractivity contribution < 1.29 is 47.5 Å². The summed E-state index contributed by atoms with van der Waals surface area (Å²) in [5, 5.41) is 5.88. The molecule has 0 radical (unpaired) electrons. The number of hydrogen-bond acceptors (Lipinski definition) is 10. The maximum absolute atomic E-state index is 12.9. The van der Waals surface area contributed by atoms with Gasteiger partial charge in [-0.05, 0) is 70.8 Å². The molecule has 12 heteroatoms. The van der Waals surface area contributed by atoms with E-state index in [0.717, 1.165) is 22.3 Å². The van der Waals surface area contributed by atoms with Gasteiger partial charge in [-0.15, -0.1) is 0 Å². The zero-order valence-corrected chi connectivity index (χ0v) is 30.1. The van der Waals surface area contributed by atoms with Crippen LogP contribution < -0.4 is 39.1 Å². The molecular formula is C39H46N2O10. The lowest BCUT2D eigenvalue weighted by Gasteiger charge is -2.18. The van der Waals surface area contributed by atoms with E-state index in [9.17, 15) is 9.59 Å². The first-order valence-electron chi connectivity index (χ1n) is 16.2. The Morgan fingerprint density at radius 3 is 1.35 bits per heavy atom. The number of carbonyl (C=O) groups is 2. The molecular weight excluding hydrogens is 656 g/mol. The predicted octanol–water partition coefficient (Wildman–Crippen LogP) is 5.61. The van der Waals surface area contributed by atoms with E-state index in [0.29, 0.717) is 40.2 Å². The number of amides is 2. The summed E-state index contributed by atoms with van der Waals surface area (Å²) in [5.41, 5.74) is 3.23. The molecule has 0 aliphatic heterocycles. The van der Waals surface area contributed by atoms with Crippen LogP contribution in [0.3, 0.4) is 0 Å². The predicted molar refractivity (Wildman–Crippen MR) is 192 cm³/mol. The second kappa shape index (κ2) is 19.1. The quantitative estimate of drug-likeness (QED) is 0.127. The molecule has 2 atom stereocenters. The van der Waals surface area contributed by atoms with Crippen molar-refractivity contribution in [3.05, 3.63) is 101 Å². The third kappa shape index (κ3) is 10.5. The first-order chi connectivity index (χ1) is 24.7. The normalized spacial score (nSPS) is 11.9. The molecule has 4 aromatic rings. The van der Waals surface area contributed by atoms with Gasteiger partial charge in [-0.25, -0.2) is 0 Å². The van der Waals surface area contributed by atoms with Gasteiger partial charge in [0.15, 0.2) is 34.5 Å². The van der Waals surface area contributed by atoms with Crippen LogP contribution >= 0.6 is 0 Å². The number of benzene rings is 4. The average molecular weight is 703 g/mol. The van der Waals surface area contributed by atoms with Crippen molar-refractivity contribution in [1.82, 2.24) is 10.6 Å². The molecule has 0 saturated heterocycles. The van der Waals surface area contributed by atoms with Crippen LogP contribution in [-0.4, -0.2) is 74.7 Å². The van der Waals surface area contributed by atoms with Crippen LogP contribution in [0.2, 0.25) is 0 Å². The fourth-order valence-corrected chi connectivity index (χ4v) is 5.40. The number of hydrogen-bond donors (Lipinski definition) is 2. The van der Waals surface area contributed by atoms with Gasteiger partial charge in [0, 0.05) is 27.3 Å². The van der Waals surface area contributed by atoms with Gasteiger partial charge in [-0.1, -0.05) is 30.3 Å². The Kier molecular flexibility index (Phi) is 14.3. The molecule has 0 unspecified atom stereocenters. The number of ether oxygens (including phenoxy) is 8. The van der Waals surface area contributed by atoms with E-state index in [-0.39, 0.29) is 50.0 Å². The van der Waals surface area contributed by atoms with Crippen molar-refractivity contribution in [2.45, 2.75) is 25.0 Å². The fraction of sp³-hybridized carbons (Fsp3) is 0.333. The molecule has 51 heavy (non-hydrogen) atoms. The van der Waals surface area contributed by atoms with Gasteiger partial charge < -0.3 is 48.5 Å². The van der Waals surface area contributed by atoms with Crippen LogP contribution in [0.5, 0.6) is 40.2 Å². The van der Waals surface area contributed by atoms with Crippen LogP contribution in [0.25, 0.3) is 0 Å². The van der Waals surface area contributed by atoms with Crippen LogP contribution in [0, 0.1) is 0 Å². The van der Waals surface area contributed by atoms with Gasteiger partial charge in [0.1, 0.15) is 5.75 Å². The lowest BCUT2D eigenvalue weighted by molar-refractivity contribution is -0.121. The highest BCUT2D eigenvalue weighted by atomic mass is 16.5. The van der Waals surface area contributed by atoms with Crippen LogP contribution in [0.4, 0.5) is 0 Å². The molecule has 0 fully saturated rings. The summed E-state index contributed by atoms with van der Waals surface area (Å²) < 4.78 is 44.3. The molecule has 0 aliphatic rings. The minimum Gasteiger partial charge on any atom is -0.493 e. The molecule has 2 amide bonds. The monoisotopic (exact) mass is 702 g/mol. The first-order valence-corrected chi connectivity index (χ1v) is 16.2. The Balaban J connectivity index is 1.31. The maximum Gasteiger partial charge on any atom is 0.224 e. The Labute approximate surface area is 298 Å². The molecule has 0 aromatic heterocycles. The van der Waals surface area contributed by atoms with Crippen LogP contribution in [-0.2, 0) is 31.9 Å². The molecule has 4 rings (SSSR count). The number of carbonyl (C=O) groups excluding carboxylic acids is 2. The maximum atomic E-state index is 12.9. The summed E-state index contributed by atoms with van der Waals surface area (Å²) in [6, 6.07) is 23.6. The van der Waals surface area contributed by atoms with Gasteiger partial charge >= 0.3 is 0 Å². The second-order valence-electron chi connectivity index (χ2n) is 11.4. The molecule has 0 aliphatic carbocycles. The molecule has 2 N–H and O–H groups in total. The first kappa shape index (κ1) is 38.3. The van der Waals surface area contributed by atoms with Crippen molar-refractivity contribution >= 4 is 11.8 Å². The number of nitrogens with one attached hydrogen (secondary N) is 2. The minimum absolute atomic E-state index is 0.118. The summed E-state index contributed by atoms with van der Waals surface area (Å²) in [6.45, 7) is 0.546. The van der Waals surface area contributed by atoms with E-state index in [4.69, 9.17) is 37.9 Å². The summed E-state index contributed by atoms with van der Waals surface area (Å²) >= 11 is 0. The van der Waals surface area contributed by atoms with Gasteiger partial charge in [0.2, 0.25) is 11.8 Å². The summed E-state index contributed by atoms with van der Waals surface area (Å²) in [6.07, 6.45) is -0.462. The summed E-state index contributed by atoms with van der Waals surface area (Å²) in [7, 11) is 11.0. The van der Waals surface area contributed by atoms with E-state index in [2.05, 4.69) is 10.6 Å². The van der Waals surface area contributed by atoms with Crippen molar-refractivity contribution in [2.75, 3.05) is 62.9 Å². The standard InChI is InChI=1S/C39H46N2O10/c1-44-30-16-11-27(21-33(30)47-4)36(49-6)23-40-38(42)19-25-8-13-29(14-9-25)51-35-18-26(10-15-32(35)46-3)20-39(43)41-24-37(50-7)28-12-17-31(45-2)34(22-28)48-5/h8-18,21-22,36-37H,19-20,23-24H2,1-7H3,(H,40,42)(H,41,43)/t36-,37+/m1/s1. The van der Waals surface area contributed by atoms with Crippen LogP contribution in [0.15, 0.2) is 78.9 Å². The third-order valence-electron chi connectivity index (χ3n) is 8.21. The second-order valence-corrected chi connectivity index (χ2v) is 11.4. The number of rotatable bonds is 19. The van der Waals surface area contributed by atoms with Gasteiger partial charge in [0.25, 0.3) is 0 Å². The smallest absolute Gasteiger partial charge is 0.224 e. The lowest BCUT2D eigenvalue weighted by Crippen LogP contribution is -2.30. The molecule has 0 saturated carbocycles. The molecule has 0 heterocycles. The van der Waals surface area contributed by atoms with Crippen molar-refractivity contribution in [3.63, 3.8) is 0 Å². The Morgan fingerprint density at radius 1 is 0.490 bits per heavy atom. The SMILES string of the molecule is COc1ccc([C@H](CNC(=O)Cc2ccc(OC)c(Oc3ccc(CC(=O)NC[C@@H](OC)c4ccc(OC)c(OC)c4)cc3)c2)OC)cc1OC. The van der Waals surface area contributed by atoms with Crippen molar-refractivity contribution in [2.24, 2.45) is 0 Å². The van der Waals surface area contributed by atoms with Crippen LogP contribution in [0.1, 0.15) is 34.5 Å². The lowest BCUT2D eigenvalue weighted by atomic mass is 10.1. The van der Waals surface area contributed by atoms with Gasteiger partial charge in [-0.3, -0.25) is 9.59 Å². The molecule has 0 spiro atoms. The molecule has 12 nitrogen and oxygen atoms in total. The van der Waals surface area contributed by atoms with Gasteiger partial charge in [0.05, 0.1) is 60.6 Å². The molecule has 4 aromatic carbocycles. The third-order valence-corrected chi connectivity index (χ3v) is 8.21. The van der Waals surface area contributed by atoms with E-state index in [1.54, 1.807) is 86.2 Å². The topological polar surface area (TPSA) is 132 Å². The van der Waals surface area contributed by atoms with E-state index in [1.807, 2.05) is 42.5 Å². The van der Waals surface area contributed by atoms with E-state index >= 15 is 0 Å². The largest absolute Gasteiger partial charge is 0.493 e. The van der Waals surface area contributed by atoms with E-state index < -0.39 is 0 Å². The molecule has 272 valence electrons. The minimum atomic E-state index is -0.385. The zero-order valence-electron chi connectivity index (χ0n) is 30.1. The highest BCUT2D eigenvalue weighted by Crippen LogP contribution is 2.34. The van der Waals surface area contributed by atoms with Gasteiger partial charge in [-0.2, -0.15) is 0 Å². The Morgan fingerprint density at radius 2 is 0.902 bits per heavy atom. The summed E-state index contributed by atoms with van der Waals surface area (Å²) in [5.74, 6) is 3.56. The van der Waals surface area contributed by atoms with E-state index in [1.165, 1.54) is 0 Å². The average Bonchev–Trinajstić information content (AvgIpc) is 3.15. The highest BCUT2D eigenvalue weighted by molar-refractivity contribution is 5.79. The van der Waals surface area contributed by atoms with Crippen molar-refractivity contribution in [1.29, 1.82) is 0 Å². The molecule has 0 bridgehead atoms. The number of methoxy groups -OCH3 is 7. The Hall–Kier alpha value is -5.46. The highest BCUT2D eigenvalue weighted by Gasteiger charge is 2.18.